The van der Waals surface area contributed by atoms with Gasteiger partial charge >= 0.3 is 0 Å². The summed E-state index contributed by atoms with van der Waals surface area (Å²) in [4.78, 5) is 0. The first-order valence-electron chi connectivity index (χ1n) is 7.78. The highest BCUT2D eigenvalue weighted by Crippen LogP contribution is 2.43. The Bertz CT molecular complexity index is 635. The molecular formula is C19H22FN. The molecule has 1 aliphatic rings. The summed E-state index contributed by atoms with van der Waals surface area (Å²) in [5.41, 5.74) is 4.61. The molecule has 2 aromatic rings. The van der Waals surface area contributed by atoms with Crippen LogP contribution in [0.25, 0.3) is 0 Å². The van der Waals surface area contributed by atoms with Crippen LogP contribution in [0.4, 0.5) is 4.39 Å². The molecule has 110 valence electrons. The summed E-state index contributed by atoms with van der Waals surface area (Å²) in [6.07, 6.45) is 2.16. The minimum absolute atomic E-state index is 0.108. The first-order valence-corrected chi connectivity index (χ1v) is 7.78. The van der Waals surface area contributed by atoms with Gasteiger partial charge in [0.15, 0.2) is 0 Å². The van der Waals surface area contributed by atoms with Gasteiger partial charge in [0, 0.05) is 12.0 Å². The molecule has 2 atom stereocenters. The number of rotatable bonds is 5. The largest absolute Gasteiger partial charge is 0.309 e. The zero-order valence-electron chi connectivity index (χ0n) is 12.7. The van der Waals surface area contributed by atoms with Crippen molar-refractivity contribution in [3.63, 3.8) is 0 Å². The van der Waals surface area contributed by atoms with E-state index in [1.165, 1.54) is 11.1 Å². The maximum Gasteiger partial charge on any atom is 0.126 e. The fraction of sp³-hybridized carbons (Fsp3) is 0.368. The third-order valence-electron chi connectivity index (χ3n) is 4.47. The van der Waals surface area contributed by atoms with E-state index in [1.807, 2.05) is 13.0 Å². The Kier molecular flexibility index (Phi) is 4.07. The molecule has 0 amide bonds. The van der Waals surface area contributed by atoms with Crippen molar-refractivity contribution in [3.8, 4) is 0 Å². The maximum atomic E-state index is 13.9. The Morgan fingerprint density at radius 1 is 1.24 bits per heavy atom. The lowest BCUT2D eigenvalue weighted by atomic mass is 9.71. The van der Waals surface area contributed by atoms with Crippen LogP contribution in [0.15, 0.2) is 42.5 Å². The number of benzene rings is 2. The topological polar surface area (TPSA) is 12.0 Å². The Hall–Kier alpha value is -1.67. The van der Waals surface area contributed by atoms with E-state index in [-0.39, 0.29) is 11.9 Å². The minimum atomic E-state index is -0.108. The summed E-state index contributed by atoms with van der Waals surface area (Å²) in [6.45, 7) is 4.93. The summed E-state index contributed by atoms with van der Waals surface area (Å²) in [7, 11) is 0. The van der Waals surface area contributed by atoms with Gasteiger partial charge in [-0.15, -0.1) is 0 Å². The third kappa shape index (κ3) is 2.73. The second-order valence-electron chi connectivity index (χ2n) is 5.95. The molecule has 0 bridgehead atoms. The fourth-order valence-corrected chi connectivity index (χ4v) is 3.19. The second kappa shape index (κ2) is 5.98. The first kappa shape index (κ1) is 14.3. The molecule has 0 spiro atoms. The molecular weight excluding hydrogens is 261 g/mol. The van der Waals surface area contributed by atoms with E-state index >= 15 is 0 Å². The number of aryl methyl sites for hydroxylation is 1. The number of fused-ring (bicyclic) bond motifs is 1. The molecule has 0 saturated heterocycles. The lowest BCUT2D eigenvalue weighted by Gasteiger charge is -2.37. The van der Waals surface area contributed by atoms with Gasteiger partial charge in [-0.05, 0) is 54.6 Å². The van der Waals surface area contributed by atoms with Crippen molar-refractivity contribution < 1.29 is 4.39 Å². The van der Waals surface area contributed by atoms with E-state index in [2.05, 4.69) is 42.6 Å². The van der Waals surface area contributed by atoms with Crippen LogP contribution in [0.5, 0.6) is 0 Å². The van der Waals surface area contributed by atoms with Crippen molar-refractivity contribution in [2.45, 2.75) is 38.6 Å². The van der Waals surface area contributed by atoms with Crippen LogP contribution in [0, 0.1) is 12.7 Å². The van der Waals surface area contributed by atoms with Gasteiger partial charge in [0.05, 0.1) is 0 Å². The molecule has 0 aromatic heterocycles. The van der Waals surface area contributed by atoms with Crippen LogP contribution in [-0.4, -0.2) is 6.54 Å². The van der Waals surface area contributed by atoms with Crippen molar-refractivity contribution >= 4 is 0 Å². The first-order chi connectivity index (χ1) is 10.2. The number of halogens is 1. The third-order valence-corrected chi connectivity index (χ3v) is 4.47. The lowest BCUT2D eigenvalue weighted by Crippen LogP contribution is -2.33. The molecule has 3 rings (SSSR count). The van der Waals surface area contributed by atoms with E-state index in [0.29, 0.717) is 11.5 Å². The number of nitrogens with one attached hydrogen (secondary N) is 1. The van der Waals surface area contributed by atoms with Crippen LogP contribution in [-0.2, 0) is 6.42 Å². The molecule has 2 heteroatoms. The van der Waals surface area contributed by atoms with Gasteiger partial charge in [0.2, 0.25) is 0 Å². The van der Waals surface area contributed by atoms with Gasteiger partial charge < -0.3 is 5.32 Å². The Morgan fingerprint density at radius 3 is 2.76 bits per heavy atom. The number of hydrogen-bond acceptors (Lipinski definition) is 1. The van der Waals surface area contributed by atoms with Gasteiger partial charge in [-0.2, -0.15) is 0 Å². The highest BCUT2D eigenvalue weighted by atomic mass is 19.1. The van der Waals surface area contributed by atoms with Gasteiger partial charge in [0.1, 0.15) is 5.82 Å². The SMILES string of the molecule is CCCNC(c1ccc(C)c(F)c1)C1Cc2ccccc21. The summed E-state index contributed by atoms with van der Waals surface area (Å²) >= 11 is 0. The standard InChI is InChI=1S/C19H22FN/c1-3-10-21-19(15-9-8-13(2)18(20)12-15)17-11-14-6-4-5-7-16(14)17/h4-9,12,17,19,21H,3,10-11H2,1-2H3. The fourth-order valence-electron chi connectivity index (χ4n) is 3.19. The normalized spacial score (nSPS) is 18.0. The van der Waals surface area contributed by atoms with Gasteiger partial charge in [-0.25, -0.2) is 4.39 Å². The zero-order chi connectivity index (χ0) is 14.8. The molecule has 1 nitrogen and oxygen atoms in total. The van der Waals surface area contributed by atoms with Crippen molar-refractivity contribution in [3.05, 3.63) is 70.5 Å². The highest BCUT2D eigenvalue weighted by Gasteiger charge is 2.33. The maximum absolute atomic E-state index is 13.9. The number of hydrogen-bond donors (Lipinski definition) is 1. The van der Waals surface area contributed by atoms with Gasteiger partial charge in [0.25, 0.3) is 0 Å². The molecule has 2 aromatic carbocycles. The van der Waals surface area contributed by atoms with E-state index < -0.39 is 0 Å². The van der Waals surface area contributed by atoms with Gasteiger partial charge in [-0.3, -0.25) is 0 Å². The summed E-state index contributed by atoms with van der Waals surface area (Å²) < 4.78 is 13.9. The molecule has 2 unspecified atom stereocenters. The predicted molar refractivity (Wildman–Crippen MR) is 85.1 cm³/mol. The van der Waals surface area contributed by atoms with Crippen LogP contribution < -0.4 is 5.32 Å². The Balaban J connectivity index is 1.90. The predicted octanol–water partition coefficient (Wildman–Crippen LogP) is 4.51. The highest BCUT2D eigenvalue weighted by molar-refractivity contribution is 5.43. The second-order valence-corrected chi connectivity index (χ2v) is 5.95. The molecule has 0 fully saturated rings. The van der Waals surface area contributed by atoms with E-state index in [4.69, 9.17) is 0 Å². The Morgan fingerprint density at radius 2 is 2.05 bits per heavy atom. The molecule has 0 radical (unpaired) electrons. The monoisotopic (exact) mass is 283 g/mol. The molecule has 0 aliphatic heterocycles. The molecule has 1 N–H and O–H groups in total. The average molecular weight is 283 g/mol. The lowest BCUT2D eigenvalue weighted by molar-refractivity contribution is 0.410. The van der Waals surface area contributed by atoms with Crippen molar-refractivity contribution in [2.24, 2.45) is 0 Å². The molecule has 21 heavy (non-hydrogen) atoms. The quantitative estimate of drug-likeness (QED) is 0.851. The molecule has 1 aliphatic carbocycles. The van der Waals surface area contributed by atoms with E-state index in [0.717, 1.165) is 24.9 Å². The van der Waals surface area contributed by atoms with E-state index in [9.17, 15) is 4.39 Å². The van der Waals surface area contributed by atoms with Crippen LogP contribution in [0.1, 0.15) is 47.6 Å². The van der Waals surface area contributed by atoms with E-state index in [1.54, 1.807) is 6.07 Å². The summed E-state index contributed by atoms with van der Waals surface area (Å²) in [5.74, 6) is 0.346. The Labute approximate surface area is 126 Å². The van der Waals surface area contributed by atoms with Crippen molar-refractivity contribution in [2.75, 3.05) is 6.54 Å². The van der Waals surface area contributed by atoms with Crippen LogP contribution >= 0.6 is 0 Å². The summed E-state index contributed by atoms with van der Waals surface area (Å²) in [5, 5.41) is 3.61. The van der Waals surface area contributed by atoms with Crippen LogP contribution in [0.2, 0.25) is 0 Å². The summed E-state index contributed by atoms with van der Waals surface area (Å²) in [6, 6.07) is 14.4. The molecule has 0 heterocycles. The minimum Gasteiger partial charge on any atom is -0.309 e. The van der Waals surface area contributed by atoms with Gasteiger partial charge in [-0.1, -0.05) is 43.3 Å². The average Bonchev–Trinajstić information content (AvgIpc) is 2.47. The molecule has 0 saturated carbocycles. The zero-order valence-corrected chi connectivity index (χ0v) is 12.7. The van der Waals surface area contributed by atoms with Crippen LogP contribution in [0.3, 0.4) is 0 Å². The van der Waals surface area contributed by atoms with Crippen molar-refractivity contribution in [1.82, 2.24) is 5.32 Å². The van der Waals surface area contributed by atoms with Crippen molar-refractivity contribution in [1.29, 1.82) is 0 Å². The smallest absolute Gasteiger partial charge is 0.126 e.